The van der Waals surface area contributed by atoms with Gasteiger partial charge in [0.2, 0.25) is 0 Å². The first-order chi connectivity index (χ1) is 12.8. The molecule has 136 valence electrons. The lowest BCUT2D eigenvalue weighted by atomic mass is 9.86. The lowest BCUT2D eigenvalue weighted by Crippen LogP contribution is -2.11. The van der Waals surface area contributed by atoms with E-state index in [1.807, 2.05) is 30.3 Å². The minimum absolute atomic E-state index is 0.0851. The molecule has 0 fully saturated rings. The molecule has 0 aliphatic rings. The van der Waals surface area contributed by atoms with E-state index in [-0.39, 0.29) is 11.0 Å². The second kappa shape index (κ2) is 6.46. The quantitative estimate of drug-likeness (QED) is 0.473. The second-order valence-electron chi connectivity index (χ2n) is 7.82. The lowest BCUT2D eigenvalue weighted by Gasteiger charge is -2.19. The summed E-state index contributed by atoms with van der Waals surface area (Å²) in [5.74, 6) is 0.615. The second-order valence-corrected chi connectivity index (χ2v) is 9.02. The number of benzene rings is 2. The largest absolute Gasteiger partial charge is 0.306 e. The number of rotatable bonds is 2. The van der Waals surface area contributed by atoms with Crippen LogP contribution in [-0.2, 0) is 5.41 Å². The number of aryl methyl sites for hydroxylation is 1. The third-order valence-electron chi connectivity index (χ3n) is 4.82. The van der Waals surface area contributed by atoms with Crippen molar-refractivity contribution in [2.75, 3.05) is 0 Å². The Morgan fingerprint density at radius 1 is 0.926 bits per heavy atom. The third kappa shape index (κ3) is 3.21. The number of nitrogens with one attached hydrogen (secondary N) is 1. The number of aromatic amines is 1. The Labute approximate surface area is 162 Å². The van der Waals surface area contributed by atoms with Crippen LogP contribution in [0.1, 0.15) is 31.2 Å². The van der Waals surface area contributed by atoms with Gasteiger partial charge in [-0.05, 0) is 23.5 Å². The average Bonchev–Trinajstić information content (AvgIpc) is 2.98. The molecule has 0 unspecified atom stereocenters. The molecule has 0 radical (unpaired) electrons. The molecule has 27 heavy (non-hydrogen) atoms. The van der Waals surface area contributed by atoms with Gasteiger partial charge in [0.1, 0.15) is 10.7 Å². The van der Waals surface area contributed by atoms with Gasteiger partial charge in [0.15, 0.2) is 0 Å². The zero-order chi connectivity index (χ0) is 19.2. The highest BCUT2D eigenvalue weighted by atomic mass is 32.1. The van der Waals surface area contributed by atoms with Gasteiger partial charge in [-0.15, -0.1) is 11.3 Å². The van der Waals surface area contributed by atoms with E-state index in [1.165, 1.54) is 5.56 Å². The Balaban J connectivity index is 1.88. The molecular weight excluding hydrogens is 352 g/mol. The maximum atomic E-state index is 12.9. The molecule has 0 bridgehead atoms. The van der Waals surface area contributed by atoms with Gasteiger partial charge in [-0.2, -0.15) is 0 Å². The molecule has 4 rings (SSSR count). The Kier molecular flexibility index (Phi) is 4.23. The summed E-state index contributed by atoms with van der Waals surface area (Å²) in [6.07, 6.45) is 0. The minimum atomic E-state index is -0.0851. The molecule has 3 nitrogen and oxygen atoms in total. The van der Waals surface area contributed by atoms with Crippen LogP contribution >= 0.6 is 11.3 Å². The third-order valence-corrected chi connectivity index (χ3v) is 5.82. The molecule has 2 aromatic carbocycles. The van der Waals surface area contributed by atoms with Crippen LogP contribution in [0.15, 0.2) is 59.4 Å². The summed E-state index contributed by atoms with van der Waals surface area (Å²) in [4.78, 5) is 22.5. The van der Waals surface area contributed by atoms with E-state index in [0.717, 1.165) is 26.4 Å². The van der Waals surface area contributed by atoms with Gasteiger partial charge in [-0.25, -0.2) is 4.98 Å². The molecule has 0 saturated carbocycles. The summed E-state index contributed by atoms with van der Waals surface area (Å²) in [7, 11) is 0. The normalized spacial score (nSPS) is 11.9. The van der Waals surface area contributed by atoms with Crippen molar-refractivity contribution in [1.29, 1.82) is 0 Å². The number of hydrogen-bond donors (Lipinski definition) is 1. The molecular formula is C23H22N2OS. The predicted molar refractivity (Wildman–Crippen MR) is 115 cm³/mol. The van der Waals surface area contributed by atoms with Gasteiger partial charge in [0.25, 0.3) is 5.56 Å². The fourth-order valence-corrected chi connectivity index (χ4v) is 4.38. The Hall–Kier alpha value is -2.72. The topological polar surface area (TPSA) is 45.8 Å². The number of nitrogens with zero attached hydrogens (tertiary/aromatic N) is 1. The average molecular weight is 375 g/mol. The van der Waals surface area contributed by atoms with Crippen LogP contribution in [0.5, 0.6) is 0 Å². The van der Waals surface area contributed by atoms with E-state index in [4.69, 9.17) is 4.98 Å². The number of H-pyrrole nitrogens is 1. The van der Waals surface area contributed by atoms with Crippen molar-refractivity contribution in [3.63, 3.8) is 0 Å². The van der Waals surface area contributed by atoms with Gasteiger partial charge >= 0.3 is 0 Å². The lowest BCUT2D eigenvalue weighted by molar-refractivity contribution is 0.590. The molecule has 1 N–H and O–H groups in total. The molecule has 4 heteroatoms. The van der Waals surface area contributed by atoms with Crippen LogP contribution in [0.25, 0.3) is 32.7 Å². The van der Waals surface area contributed by atoms with E-state index < -0.39 is 0 Å². The van der Waals surface area contributed by atoms with Crippen molar-refractivity contribution in [2.24, 2.45) is 0 Å². The summed E-state index contributed by atoms with van der Waals surface area (Å²) >= 11 is 1.58. The fraction of sp³-hybridized carbons (Fsp3) is 0.217. The van der Waals surface area contributed by atoms with Crippen LogP contribution in [0.3, 0.4) is 0 Å². The van der Waals surface area contributed by atoms with E-state index in [1.54, 1.807) is 11.3 Å². The Bertz CT molecular complexity index is 1160. The Morgan fingerprint density at radius 2 is 1.59 bits per heavy atom. The van der Waals surface area contributed by atoms with E-state index in [2.05, 4.69) is 56.9 Å². The van der Waals surface area contributed by atoms with E-state index in [9.17, 15) is 4.79 Å². The highest BCUT2D eigenvalue weighted by Gasteiger charge is 2.18. The van der Waals surface area contributed by atoms with E-state index >= 15 is 0 Å². The minimum Gasteiger partial charge on any atom is -0.306 e. The molecule has 0 aliphatic carbocycles. The smallest absolute Gasteiger partial charge is 0.260 e. The summed E-state index contributed by atoms with van der Waals surface area (Å²) in [6.45, 7) is 8.66. The van der Waals surface area contributed by atoms with Gasteiger partial charge in [0.05, 0.1) is 5.39 Å². The van der Waals surface area contributed by atoms with Crippen LogP contribution < -0.4 is 5.56 Å². The molecule has 0 atom stereocenters. The number of hydrogen-bond acceptors (Lipinski definition) is 3. The highest BCUT2D eigenvalue weighted by molar-refractivity contribution is 7.19. The maximum absolute atomic E-state index is 12.9. The van der Waals surface area contributed by atoms with Crippen molar-refractivity contribution in [3.8, 4) is 22.5 Å². The SMILES string of the molecule is Cc1sc2nc(-c3ccccc3)[nH]c(=O)c2c1-c1ccc(C(C)(C)C)cc1. The molecule has 0 spiro atoms. The molecule has 2 heterocycles. The van der Waals surface area contributed by atoms with Crippen molar-refractivity contribution in [3.05, 3.63) is 75.4 Å². The zero-order valence-corrected chi connectivity index (χ0v) is 16.8. The van der Waals surface area contributed by atoms with Crippen molar-refractivity contribution >= 4 is 21.6 Å². The van der Waals surface area contributed by atoms with Crippen LogP contribution in [-0.4, -0.2) is 9.97 Å². The number of thiophene rings is 1. The molecule has 4 aromatic rings. The van der Waals surface area contributed by atoms with Gasteiger partial charge in [0, 0.05) is 16.0 Å². The first kappa shape index (κ1) is 17.7. The first-order valence-electron chi connectivity index (χ1n) is 9.04. The van der Waals surface area contributed by atoms with Gasteiger partial charge in [-0.3, -0.25) is 4.79 Å². The predicted octanol–water partition coefficient (Wildman–Crippen LogP) is 5.92. The van der Waals surface area contributed by atoms with Crippen LogP contribution in [0, 0.1) is 6.92 Å². The fourth-order valence-electron chi connectivity index (χ4n) is 3.34. The van der Waals surface area contributed by atoms with Gasteiger partial charge < -0.3 is 4.98 Å². The molecule has 0 saturated heterocycles. The summed E-state index contributed by atoms with van der Waals surface area (Å²) in [6, 6.07) is 18.3. The van der Waals surface area contributed by atoms with Crippen molar-refractivity contribution in [1.82, 2.24) is 9.97 Å². The first-order valence-corrected chi connectivity index (χ1v) is 9.86. The standard InChI is InChI=1S/C23H22N2OS/c1-14-18(15-10-12-17(13-11-15)23(2,3)4)19-21(26)24-20(25-22(19)27-14)16-8-6-5-7-9-16/h5-13H,1-4H3,(H,24,25,26). The summed E-state index contributed by atoms with van der Waals surface area (Å²) in [5.41, 5.74) is 4.27. The van der Waals surface area contributed by atoms with Gasteiger partial charge in [-0.1, -0.05) is 75.4 Å². The molecule has 0 amide bonds. The number of fused-ring (bicyclic) bond motifs is 1. The van der Waals surface area contributed by atoms with Crippen LogP contribution in [0.2, 0.25) is 0 Å². The molecule has 2 aromatic heterocycles. The Morgan fingerprint density at radius 3 is 2.22 bits per heavy atom. The summed E-state index contributed by atoms with van der Waals surface area (Å²) < 4.78 is 0. The van der Waals surface area contributed by atoms with Crippen molar-refractivity contribution < 1.29 is 0 Å². The monoisotopic (exact) mass is 374 g/mol. The summed E-state index contributed by atoms with van der Waals surface area (Å²) in [5, 5.41) is 0.681. The number of aromatic nitrogens is 2. The zero-order valence-electron chi connectivity index (χ0n) is 16.0. The molecule has 0 aliphatic heterocycles. The van der Waals surface area contributed by atoms with E-state index in [0.29, 0.717) is 11.2 Å². The highest BCUT2D eigenvalue weighted by Crippen LogP contribution is 2.37. The maximum Gasteiger partial charge on any atom is 0.260 e. The van der Waals surface area contributed by atoms with Crippen LogP contribution in [0.4, 0.5) is 0 Å². The van der Waals surface area contributed by atoms with Crippen molar-refractivity contribution in [2.45, 2.75) is 33.1 Å².